The number of anilines is 1. The molecule has 0 unspecified atom stereocenters. The fourth-order valence-corrected chi connectivity index (χ4v) is 2.57. The molecule has 0 saturated carbocycles. The van der Waals surface area contributed by atoms with Gasteiger partial charge in [-0.05, 0) is 18.1 Å². The van der Waals surface area contributed by atoms with Crippen LogP contribution in [0.2, 0.25) is 0 Å². The van der Waals surface area contributed by atoms with Crippen LogP contribution in [0.5, 0.6) is 0 Å². The minimum absolute atomic E-state index is 0.166. The average molecular weight is 261 g/mol. The maximum absolute atomic E-state index is 13.6. The SMILES string of the molecule is CC(C)CN1CCN(c2cccc(F)c2C#N)CC1. The summed E-state index contributed by atoms with van der Waals surface area (Å²) in [6.45, 7) is 9.18. The highest BCUT2D eigenvalue weighted by atomic mass is 19.1. The highest BCUT2D eigenvalue weighted by molar-refractivity contribution is 5.60. The van der Waals surface area contributed by atoms with Gasteiger partial charge in [-0.2, -0.15) is 5.26 Å². The first kappa shape index (κ1) is 13.8. The van der Waals surface area contributed by atoms with E-state index in [1.807, 2.05) is 12.1 Å². The van der Waals surface area contributed by atoms with Crippen molar-refractivity contribution < 1.29 is 4.39 Å². The standard InChI is InChI=1S/C15H20FN3/c1-12(2)11-18-6-8-19(9-7-18)15-5-3-4-14(16)13(15)10-17/h3-5,12H,6-9,11H2,1-2H3. The number of piperazine rings is 1. The van der Waals surface area contributed by atoms with Gasteiger partial charge in [-0.3, -0.25) is 4.90 Å². The monoisotopic (exact) mass is 261 g/mol. The summed E-state index contributed by atoms with van der Waals surface area (Å²) >= 11 is 0. The molecule has 0 N–H and O–H groups in total. The van der Waals surface area contributed by atoms with E-state index < -0.39 is 5.82 Å². The molecular weight excluding hydrogens is 241 g/mol. The summed E-state index contributed by atoms with van der Waals surface area (Å²) in [7, 11) is 0. The zero-order valence-electron chi connectivity index (χ0n) is 11.6. The fourth-order valence-electron chi connectivity index (χ4n) is 2.57. The summed E-state index contributed by atoms with van der Waals surface area (Å²) in [5.74, 6) is 0.236. The molecule has 1 aliphatic heterocycles. The van der Waals surface area contributed by atoms with Crippen LogP contribution < -0.4 is 4.90 Å². The van der Waals surface area contributed by atoms with Crippen molar-refractivity contribution in [2.45, 2.75) is 13.8 Å². The third kappa shape index (κ3) is 3.24. The molecule has 1 saturated heterocycles. The van der Waals surface area contributed by atoms with E-state index >= 15 is 0 Å². The third-order valence-electron chi connectivity index (χ3n) is 3.44. The van der Waals surface area contributed by atoms with E-state index in [0.29, 0.717) is 5.92 Å². The molecule has 0 amide bonds. The van der Waals surface area contributed by atoms with Gasteiger partial charge in [-0.15, -0.1) is 0 Å². The van der Waals surface area contributed by atoms with Gasteiger partial charge in [0.15, 0.2) is 0 Å². The van der Waals surface area contributed by atoms with Gasteiger partial charge in [-0.25, -0.2) is 4.39 Å². The topological polar surface area (TPSA) is 30.3 Å². The first-order valence-electron chi connectivity index (χ1n) is 6.77. The molecule has 1 heterocycles. The molecule has 19 heavy (non-hydrogen) atoms. The van der Waals surface area contributed by atoms with E-state index in [0.717, 1.165) is 38.4 Å². The van der Waals surface area contributed by atoms with E-state index in [9.17, 15) is 4.39 Å². The van der Waals surface area contributed by atoms with Crippen molar-refractivity contribution in [1.82, 2.24) is 4.90 Å². The molecule has 0 aliphatic carbocycles. The molecule has 3 nitrogen and oxygen atoms in total. The molecular formula is C15H20FN3. The maximum atomic E-state index is 13.6. The quantitative estimate of drug-likeness (QED) is 0.837. The van der Waals surface area contributed by atoms with Gasteiger partial charge in [0.05, 0.1) is 5.69 Å². The highest BCUT2D eigenvalue weighted by Gasteiger charge is 2.20. The number of benzene rings is 1. The van der Waals surface area contributed by atoms with Crippen molar-refractivity contribution in [2.75, 3.05) is 37.6 Å². The number of hydrogen-bond acceptors (Lipinski definition) is 3. The van der Waals surface area contributed by atoms with Crippen LogP contribution in [0.1, 0.15) is 19.4 Å². The second-order valence-electron chi connectivity index (χ2n) is 5.43. The molecule has 1 aromatic rings. The number of rotatable bonds is 3. The van der Waals surface area contributed by atoms with Gasteiger partial charge in [-0.1, -0.05) is 19.9 Å². The second kappa shape index (κ2) is 6.03. The zero-order chi connectivity index (χ0) is 13.8. The Hall–Kier alpha value is -1.60. The van der Waals surface area contributed by atoms with E-state index in [4.69, 9.17) is 5.26 Å². The number of hydrogen-bond donors (Lipinski definition) is 0. The summed E-state index contributed by atoms with van der Waals surface area (Å²) in [5, 5.41) is 9.07. The van der Waals surface area contributed by atoms with E-state index in [1.54, 1.807) is 6.07 Å². The third-order valence-corrected chi connectivity index (χ3v) is 3.44. The first-order chi connectivity index (χ1) is 9.11. The van der Waals surface area contributed by atoms with Crippen LogP contribution in [0.3, 0.4) is 0 Å². The van der Waals surface area contributed by atoms with Crippen LogP contribution in [0.15, 0.2) is 18.2 Å². The Morgan fingerprint density at radius 3 is 2.53 bits per heavy atom. The molecule has 0 aromatic heterocycles. The Morgan fingerprint density at radius 2 is 1.95 bits per heavy atom. The van der Waals surface area contributed by atoms with Gasteiger partial charge in [0.25, 0.3) is 0 Å². The van der Waals surface area contributed by atoms with Crippen molar-refractivity contribution in [3.05, 3.63) is 29.6 Å². The van der Waals surface area contributed by atoms with Crippen molar-refractivity contribution in [3.8, 4) is 6.07 Å². The second-order valence-corrected chi connectivity index (χ2v) is 5.43. The molecule has 102 valence electrons. The summed E-state index contributed by atoms with van der Waals surface area (Å²) in [5.41, 5.74) is 0.895. The molecule has 0 bridgehead atoms. The van der Waals surface area contributed by atoms with Crippen LogP contribution in [0.4, 0.5) is 10.1 Å². The van der Waals surface area contributed by atoms with Crippen molar-refractivity contribution >= 4 is 5.69 Å². The lowest BCUT2D eigenvalue weighted by molar-refractivity contribution is 0.231. The number of halogens is 1. The minimum Gasteiger partial charge on any atom is -0.368 e. The Labute approximate surface area is 114 Å². The highest BCUT2D eigenvalue weighted by Crippen LogP contribution is 2.23. The van der Waals surface area contributed by atoms with Crippen molar-refractivity contribution in [3.63, 3.8) is 0 Å². The smallest absolute Gasteiger partial charge is 0.143 e. The molecule has 0 spiro atoms. The van der Waals surface area contributed by atoms with Crippen LogP contribution in [0.25, 0.3) is 0 Å². The maximum Gasteiger partial charge on any atom is 0.143 e. The molecule has 0 atom stereocenters. The molecule has 1 fully saturated rings. The lowest BCUT2D eigenvalue weighted by Crippen LogP contribution is -2.47. The molecule has 2 rings (SSSR count). The Morgan fingerprint density at radius 1 is 1.26 bits per heavy atom. The summed E-state index contributed by atoms with van der Waals surface area (Å²) < 4.78 is 13.6. The predicted molar refractivity (Wildman–Crippen MR) is 74.6 cm³/mol. The first-order valence-corrected chi connectivity index (χ1v) is 6.77. The summed E-state index contributed by atoms with van der Waals surface area (Å²) in [6, 6.07) is 6.82. The average Bonchev–Trinajstić information content (AvgIpc) is 2.38. The van der Waals surface area contributed by atoms with Crippen LogP contribution in [-0.4, -0.2) is 37.6 Å². The van der Waals surface area contributed by atoms with Crippen LogP contribution in [0, 0.1) is 23.1 Å². The number of nitrogens with zero attached hydrogens (tertiary/aromatic N) is 3. The summed E-state index contributed by atoms with van der Waals surface area (Å²) in [4.78, 5) is 4.53. The lowest BCUT2D eigenvalue weighted by Gasteiger charge is -2.37. The molecule has 4 heteroatoms. The lowest BCUT2D eigenvalue weighted by atomic mass is 10.1. The van der Waals surface area contributed by atoms with E-state index in [-0.39, 0.29) is 5.56 Å². The Bertz CT molecular complexity index is 471. The van der Waals surface area contributed by atoms with Crippen LogP contribution >= 0.6 is 0 Å². The van der Waals surface area contributed by atoms with Crippen molar-refractivity contribution in [1.29, 1.82) is 5.26 Å². The van der Waals surface area contributed by atoms with Gasteiger partial charge in [0, 0.05) is 32.7 Å². The molecule has 1 aliphatic rings. The van der Waals surface area contributed by atoms with Gasteiger partial charge in [0.2, 0.25) is 0 Å². The Kier molecular flexibility index (Phi) is 4.39. The molecule has 1 aromatic carbocycles. The van der Waals surface area contributed by atoms with Gasteiger partial charge < -0.3 is 4.90 Å². The minimum atomic E-state index is -0.426. The van der Waals surface area contributed by atoms with Gasteiger partial charge >= 0.3 is 0 Å². The molecule has 0 radical (unpaired) electrons. The van der Waals surface area contributed by atoms with Crippen LogP contribution in [-0.2, 0) is 0 Å². The van der Waals surface area contributed by atoms with Gasteiger partial charge in [0.1, 0.15) is 17.4 Å². The predicted octanol–water partition coefficient (Wildman–Crippen LogP) is 2.48. The summed E-state index contributed by atoms with van der Waals surface area (Å²) in [6.07, 6.45) is 0. The fraction of sp³-hybridized carbons (Fsp3) is 0.533. The zero-order valence-corrected chi connectivity index (χ0v) is 11.6. The largest absolute Gasteiger partial charge is 0.368 e. The van der Waals surface area contributed by atoms with E-state index in [2.05, 4.69) is 23.6 Å². The Balaban J connectivity index is 2.06. The normalized spacial score (nSPS) is 16.7. The van der Waals surface area contributed by atoms with Crippen molar-refractivity contribution in [2.24, 2.45) is 5.92 Å². The van der Waals surface area contributed by atoms with E-state index in [1.165, 1.54) is 6.07 Å². The number of nitriles is 1.